The molecular weight excluding hydrogens is 152 g/mol. The van der Waals surface area contributed by atoms with E-state index in [1.807, 2.05) is 6.92 Å². The maximum atomic E-state index is 8.92. The molecule has 0 atom stereocenters. The highest BCUT2D eigenvalue weighted by atomic mass is 15.3. The molecule has 0 bridgehead atoms. The molecule has 4 heteroatoms. The van der Waals surface area contributed by atoms with Gasteiger partial charge in [0.25, 0.3) is 0 Å². The minimum Gasteiger partial charge on any atom is -0.197 e. The van der Waals surface area contributed by atoms with Gasteiger partial charge in [0, 0.05) is 0 Å². The first-order valence-electron chi connectivity index (χ1n) is 4.14. The van der Waals surface area contributed by atoms with E-state index in [-0.39, 0.29) is 5.41 Å². The smallest absolute Gasteiger partial charge is 0.106 e. The van der Waals surface area contributed by atoms with E-state index in [1.165, 1.54) is 0 Å². The lowest BCUT2D eigenvalue weighted by molar-refractivity contribution is 0.820. The van der Waals surface area contributed by atoms with E-state index in [2.05, 4.69) is 21.5 Å². The topological polar surface area (TPSA) is 65.4 Å². The van der Waals surface area contributed by atoms with Crippen LogP contribution < -0.4 is 0 Å². The van der Waals surface area contributed by atoms with E-state index >= 15 is 0 Å². The molecule has 0 saturated heterocycles. The number of nitriles is 1. The molecule has 1 aliphatic rings. The zero-order valence-corrected chi connectivity index (χ0v) is 6.96. The lowest BCUT2D eigenvalue weighted by Gasteiger charge is -2.00. The minimum atomic E-state index is -0.293. The number of aromatic amines is 1. The molecule has 62 valence electrons. The van der Waals surface area contributed by atoms with Gasteiger partial charge in [-0.15, -0.1) is 0 Å². The SMILES string of the molecule is CCc1n[nH]nc1C1(C#N)CC1. The average molecular weight is 162 g/mol. The van der Waals surface area contributed by atoms with Crippen LogP contribution in [-0.4, -0.2) is 15.4 Å². The van der Waals surface area contributed by atoms with Crippen molar-refractivity contribution in [3.8, 4) is 6.07 Å². The van der Waals surface area contributed by atoms with Gasteiger partial charge in [-0.1, -0.05) is 6.92 Å². The second-order valence-corrected chi connectivity index (χ2v) is 3.17. The molecule has 0 radical (unpaired) electrons. The lowest BCUT2D eigenvalue weighted by Crippen LogP contribution is -2.06. The molecule has 0 aliphatic heterocycles. The zero-order valence-electron chi connectivity index (χ0n) is 6.96. The van der Waals surface area contributed by atoms with Gasteiger partial charge in [-0.3, -0.25) is 0 Å². The summed E-state index contributed by atoms with van der Waals surface area (Å²) in [6, 6.07) is 2.31. The second kappa shape index (κ2) is 2.31. The molecule has 1 aliphatic carbocycles. The first kappa shape index (κ1) is 7.29. The third-order valence-electron chi connectivity index (χ3n) is 2.37. The third-order valence-corrected chi connectivity index (χ3v) is 2.37. The Morgan fingerprint density at radius 1 is 1.58 bits per heavy atom. The molecule has 0 amide bonds. The van der Waals surface area contributed by atoms with Crippen molar-refractivity contribution >= 4 is 0 Å². The fourth-order valence-corrected chi connectivity index (χ4v) is 1.41. The molecule has 1 heterocycles. The predicted molar refractivity (Wildman–Crippen MR) is 42.3 cm³/mol. The zero-order chi connectivity index (χ0) is 8.60. The predicted octanol–water partition coefficient (Wildman–Crippen LogP) is 0.922. The molecule has 1 N–H and O–H groups in total. The van der Waals surface area contributed by atoms with Crippen molar-refractivity contribution in [3.05, 3.63) is 11.4 Å². The van der Waals surface area contributed by atoms with Crippen molar-refractivity contribution in [3.63, 3.8) is 0 Å². The highest BCUT2D eigenvalue weighted by Crippen LogP contribution is 2.47. The molecule has 1 aromatic heterocycles. The quantitative estimate of drug-likeness (QED) is 0.703. The fraction of sp³-hybridized carbons (Fsp3) is 0.625. The molecule has 2 rings (SSSR count). The number of nitrogens with zero attached hydrogens (tertiary/aromatic N) is 3. The Balaban J connectivity index is 2.41. The Hall–Kier alpha value is -1.37. The Morgan fingerprint density at radius 2 is 2.33 bits per heavy atom. The molecule has 12 heavy (non-hydrogen) atoms. The van der Waals surface area contributed by atoms with Gasteiger partial charge in [0.15, 0.2) is 0 Å². The van der Waals surface area contributed by atoms with Crippen LogP contribution in [0.2, 0.25) is 0 Å². The summed E-state index contributed by atoms with van der Waals surface area (Å²) in [6.07, 6.45) is 2.71. The Kier molecular flexibility index (Phi) is 1.40. The van der Waals surface area contributed by atoms with E-state index in [1.54, 1.807) is 0 Å². The van der Waals surface area contributed by atoms with E-state index in [4.69, 9.17) is 5.26 Å². The summed E-state index contributed by atoms with van der Waals surface area (Å²) in [5.74, 6) is 0. The van der Waals surface area contributed by atoms with Crippen LogP contribution in [0.1, 0.15) is 31.2 Å². The highest BCUT2D eigenvalue weighted by Gasteiger charge is 2.48. The molecule has 1 saturated carbocycles. The number of nitrogens with one attached hydrogen (secondary N) is 1. The molecule has 1 aromatic rings. The van der Waals surface area contributed by atoms with Crippen LogP contribution in [0.5, 0.6) is 0 Å². The van der Waals surface area contributed by atoms with Crippen LogP contribution in [0.4, 0.5) is 0 Å². The summed E-state index contributed by atoms with van der Waals surface area (Å²) < 4.78 is 0. The maximum absolute atomic E-state index is 8.92. The van der Waals surface area contributed by atoms with Crippen molar-refractivity contribution < 1.29 is 0 Å². The van der Waals surface area contributed by atoms with Gasteiger partial charge in [0.1, 0.15) is 11.1 Å². The number of hydrogen-bond donors (Lipinski definition) is 1. The summed E-state index contributed by atoms with van der Waals surface area (Å²) in [5.41, 5.74) is 1.51. The normalized spacial score (nSPS) is 18.7. The fourth-order valence-electron chi connectivity index (χ4n) is 1.41. The van der Waals surface area contributed by atoms with Gasteiger partial charge >= 0.3 is 0 Å². The van der Waals surface area contributed by atoms with E-state index in [0.717, 1.165) is 30.7 Å². The molecule has 0 spiro atoms. The van der Waals surface area contributed by atoms with E-state index in [9.17, 15) is 0 Å². The monoisotopic (exact) mass is 162 g/mol. The van der Waals surface area contributed by atoms with Crippen LogP contribution in [0.15, 0.2) is 0 Å². The van der Waals surface area contributed by atoms with Gasteiger partial charge in [-0.2, -0.15) is 20.7 Å². The number of aromatic nitrogens is 3. The van der Waals surface area contributed by atoms with Crippen molar-refractivity contribution in [2.45, 2.75) is 31.6 Å². The van der Waals surface area contributed by atoms with Crippen molar-refractivity contribution in [2.75, 3.05) is 0 Å². The summed E-state index contributed by atoms with van der Waals surface area (Å²) >= 11 is 0. The van der Waals surface area contributed by atoms with Crippen LogP contribution in [0.3, 0.4) is 0 Å². The summed E-state index contributed by atoms with van der Waals surface area (Å²) in [6.45, 7) is 2.02. The van der Waals surface area contributed by atoms with Gasteiger partial charge in [-0.05, 0) is 19.3 Å². The standard InChI is InChI=1S/C8H10N4/c1-2-6-7(11-12-10-6)8(5-9)3-4-8/h2-4H2,1H3,(H,10,11,12). The van der Waals surface area contributed by atoms with Gasteiger partial charge in [0.05, 0.1) is 11.8 Å². The van der Waals surface area contributed by atoms with Crippen molar-refractivity contribution in [2.24, 2.45) is 0 Å². The number of hydrogen-bond acceptors (Lipinski definition) is 3. The van der Waals surface area contributed by atoms with Gasteiger partial charge < -0.3 is 0 Å². The van der Waals surface area contributed by atoms with Crippen LogP contribution in [0, 0.1) is 11.3 Å². The number of H-pyrrole nitrogens is 1. The second-order valence-electron chi connectivity index (χ2n) is 3.17. The molecule has 0 unspecified atom stereocenters. The Morgan fingerprint density at radius 3 is 2.83 bits per heavy atom. The largest absolute Gasteiger partial charge is 0.197 e. The first-order valence-corrected chi connectivity index (χ1v) is 4.14. The van der Waals surface area contributed by atoms with Crippen LogP contribution >= 0.6 is 0 Å². The number of aryl methyl sites for hydroxylation is 1. The number of rotatable bonds is 2. The van der Waals surface area contributed by atoms with Crippen molar-refractivity contribution in [1.82, 2.24) is 15.4 Å². The third kappa shape index (κ3) is 0.828. The van der Waals surface area contributed by atoms with Crippen LogP contribution in [-0.2, 0) is 11.8 Å². The average Bonchev–Trinajstić information content (AvgIpc) is 2.76. The van der Waals surface area contributed by atoms with Crippen LogP contribution in [0.25, 0.3) is 0 Å². The molecular formula is C8H10N4. The maximum Gasteiger partial charge on any atom is 0.106 e. The molecule has 0 aromatic carbocycles. The van der Waals surface area contributed by atoms with Crippen molar-refractivity contribution in [1.29, 1.82) is 5.26 Å². The van der Waals surface area contributed by atoms with Gasteiger partial charge in [0.2, 0.25) is 0 Å². The summed E-state index contributed by atoms with van der Waals surface area (Å²) in [4.78, 5) is 0. The van der Waals surface area contributed by atoms with E-state index < -0.39 is 0 Å². The lowest BCUT2D eigenvalue weighted by atomic mass is 10.0. The molecule has 1 fully saturated rings. The minimum absolute atomic E-state index is 0.293. The first-order chi connectivity index (χ1) is 5.82. The Bertz CT molecular complexity index is 329. The summed E-state index contributed by atoms with van der Waals surface area (Å²) in [7, 11) is 0. The highest BCUT2D eigenvalue weighted by molar-refractivity contribution is 5.35. The summed E-state index contributed by atoms with van der Waals surface area (Å²) in [5, 5.41) is 19.5. The molecule has 4 nitrogen and oxygen atoms in total. The Labute approximate surface area is 70.6 Å². The van der Waals surface area contributed by atoms with E-state index in [0.29, 0.717) is 0 Å². The van der Waals surface area contributed by atoms with Gasteiger partial charge in [-0.25, -0.2) is 0 Å².